The summed E-state index contributed by atoms with van der Waals surface area (Å²) in [6.07, 6.45) is 1.12. The first-order valence-electron chi connectivity index (χ1n) is 8.10. The van der Waals surface area contributed by atoms with Crippen molar-refractivity contribution in [2.45, 2.75) is 26.5 Å². The van der Waals surface area contributed by atoms with Gasteiger partial charge in [0.05, 0.1) is 11.8 Å². The number of fused-ring (bicyclic) bond motifs is 1. The number of aromatic amines is 1. The number of aliphatic hydroxyl groups is 1. The Labute approximate surface area is 140 Å². The Bertz CT molecular complexity index is 867. The van der Waals surface area contributed by atoms with Crippen LogP contribution in [0.5, 0.6) is 0 Å². The Balaban J connectivity index is 1.73. The molecule has 0 spiro atoms. The summed E-state index contributed by atoms with van der Waals surface area (Å²) >= 11 is 0. The van der Waals surface area contributed by atoms with E-state index >= 15 is 0 Å². The maximum absolute atomic E-state index is 12.0. The lowest BCUT2D eigenvalue weighted by Crippen LogP contribution is -2.29. The summed E-state index contributed by atoms with van der Waals surface area (Å²) in [5.74, 6) is 0. The molecule has 0 saturated carbocycles. The molecule has 3 rings (SSSR count). The molecule has 24 heavy (non-hydrogen) atoms. The van der Waals surface area contributed by atoms with Crippen LogP contribution in [0.4, 0.5) is 0 Å². The number of nitrogens with one attached hydrogen (secondary N) is 1. The second-order valence-electron chi connectivity index (χ2n) is 6.00. The van der Waals surface area contributed by atoms with Gasteiger partial charge in [0.25, 0.3) is 5.56 Å². The summed E-state index contributed by atoms with van der Waals surface area (Å²) in [6.45, 7) is 5.83. The number of aliphatic hydroxyl groups excluding tert-OH is 1. The number of likely N-dealkylation sites (N-methyl/N-ethyl adjacent to an activating group) is 1. The van der Waals surface area contributed by atoms with Gasteiger partial charge >= 0.3 is 0 Å². The standard InChI is InChI=1S/C18H22N4O2/c1-3-21(12-16(23)14-6-4-13(2)5-7-14)11-15-10-18(24)22-17(20-15)8-9-19-22/h4-10,16,19,23H,3,11-12H2,1-2H3. The van der Waals surface area contributed by atoms with E-state index in [2.05, 4.69) is 15.0 Å². The zero-order valence-electron chi connectivity index (χ0n) is 13.9. The first-order valence-corrected chi connectivity index (χ1v) is 8.10. The summed E-state index contributed by atoms with van der Waals surface area (Å²) in [4.78, 5) is 18.6. The molecule has 0 amide bonds. The quantitative estimate of drug-likeness (QED) is 0.725. The zero-order valence-corrected chi connectivity index (χ0v) is 13.9. The van der Waals surface area contributed by atoms with Crippen molar-refractivity contribution in [3.63, 3.8) is 0 Å². The number of nitrogens with zero attached hydrogens (tertiary/aromatic N) is 3. The van der Waals surface area contributed by atoms with E-state index in [9.17, 15) is 9.90 Å². The molecular weight excluding hydrogens is 304 g/mol. The van der Waals surface area contributed by atoms with E-state index in [1.54, 1.807) is 12.3 Å². The van der Waals surface area contributed by atoms with Gasteiger partial charge in [0, 0.05) is 31.4 Å². The van der Waals surface area contributed by atoms with Crippen LogP contribution in [0.1, 0.15) is 29.8 Å². The minimum Gasteiger partial charge on any atom is -0.387 e. The first kappa shape index (κ1) is 16.4. The normalized spacial score (nSPS) is 12.8. The molecule has 1 unspecified atom stereocenters. The van der Waals surface area contributed by atoms with Gasteiger partial charge in [0.2, 0.25) is 0 Å². The molecule has 2 heterocycles. The molecular formula is C18H22N4O2. The van der Waals surface area contributed by atoms with Crippen LogP contribution in [0.3, 0.4) is 0 Å². The predicted molar refractivity (Wildman–Crippen MR) is 92.9 cm³/mol. The highest BCUT2D eigenvalue weighted by molar-refractivity contribution is 5.36. The van der Waals surface area contributed by atoms with Gasteiger partial charge < -0.3 is 5.11 Å². The van der Waals surface area contributed by atoms with Crippen LogP contribution in [-0.4, -0.2) is 37.7 Å². The van der Waals surface area contributed by atoms with Crippen LogP contribution in [-0.2, 0) is 6.54 Å². The van der Waals surface area contributed by atoms with Gasteiger partial charge in [-0.25, -0.2) is 9.50 Å². The smallest absolute Gasteiger partial charge is 0.272 e. The van der Waals surface area contributed by atoms with Gasteiger partial charge in [-0.3, -0.25) is 14.8 Å². The lowest BCUT2D eigenvalue weighted by molar-refractivity contribution is 0.111. The Hall–Kier alpha value is -2.44. The van der Waals surface area contributed by atoms with Gasteiger partial charge in [-0.15, -0.1) is 0 Å². The fraction of sp³-hybridized carbons (Fsp3) is 0.333. The summed E-state index contributed by atoms with van der Waals surface area (Å²) in [7, 11) is 0. The molecule has 126 valence electrons. The van der Waals surface area contributed by atoms with Crippen LogP contribution in [0, 0.1) is 6.92 Å². The molecule has 0 radical (unpaired) electrons. The average Bonchev–Trinajstić information content (AvgIpc) is 3.03. The van der Waals surface area contributed by atoms with E-state index in [1.807, 2.05) is 38.1 Å². The molecule has 0 bridgehead atoms. The number of hydrogen-bond acceptors (Lipinski definition) is 4. The molecule has 0 aliphatic heterocycles. The van der Waals surface area contributed by atoms with E-state index in [4.69, 9.17) is 0 Å². The third-order valence-corrected chi connectivity index (χ3v) is 4.16. The van der Waals surface area contributed by atoms with Crippen LogP contribution in [0.2, 0.25) is 0 Å². The van der Waals surface area contributed by atoms with Crippen molar-refractivity contribution in [3.05, 3.63) is 69.8 Å². The molecule has 0 aliphatic carbocycles. The molecule has 0 fully saturated rings. The van der Waals surface area contributed by atoms with Crippen molar-refractivity contribution in [2.24, 2.45) is 0 Å². The fourth-order valence-corrected chi connectivity index (χ4v) is 2.73. The summed E-state index contributed by atoms with van der Waals surface area (Å²) in [6, 6.07) is 11.2. The maximum Gasteiger partial charge on any atom is 0.272 e. The SMILES string of the molecule is CCN(Cc1cc(=O)n2[nH]ccc2n1)CC(O)c1ccc(C)cc1. The monoisotopic (exact) mass is 326 g/mol. The molecule has 6 heteroatoms. The molecule has 3 aromatic rings. The Kier molecular flexibility index (Phi) is 4.78. The molecule has 2 N–H and O–H groups in total. The van der Waals surface area contributed by atoms with Crippen LogP contribution < -0.4 is 5.56 Å². The van der Waals surface area contributed by atoms with Gasteiger partial charge in [0.15, 0.2) is 5.65 Å². The molecule has 6 nitrogen and oxygen atoms in total. The predicted octanol–water partition coefficient (Wildman–Crippen LogP) is 1.89. The van der Waals surface area contributed by atoms with Gasteiger partial charge in [0.1, 0.15) is 0 Å². The Morgan fingerprint density at radius 1 is 1.29 bits per heavy atom. The van der Waals surface area contributed by atoms with E-state index < -0.39 is 6.10 Å². The fourth-order valence-electron chi connectivity index (χ4n) is 2.73. The number of benzene rings is 1. The van der Waals surface area contributed by atoms with Gasteiger partial charge in [-0.1, -0.05) is 36.8 Å². The summed E-state index contributed by atoms with van der Waals surface area (Å²) in [5.41, 5.74) is 3.25. The topological polar surface area (TPSA) is 73.6 Å². The van der Waals surface area contributed by atoms with Crippen molar-refractivity contribution in [1.29, 1.82) is 0 Å². The third-order valence-electron chi connectivity index (χ3n) is 4.16. The number of H-pyrrole nitrogens is 1. The van der Waals surface area contributed by atoms with E-state index in [-0.39, 0.29) is 5.56 Å². The highest BCUT2D eigenvalue weighted by atomic mass is 16.3. The van der Waals surface area contributed by atoms with Crippen molar-refractivity contribution < 1.29 is 5.11 Å². The van der Waals surface area contributed by atoms with Crippen LogP contribution >= 0.6 is 0 Å². The zero-order chi connectivity index (χ0) is 17.1. The van der Waals surface area contributed by atoms with Crippen molar-refractivity contribution >= 4 is 5.65 Å². The minimum atomic E-state index is -0.567. The van der Waals surface area contributed by atoms with E-state index in [1.165, 1.54) is 16.1 Å². The summed E-state index contributed by atoms with van der Waals surface area (Å²) in [5, 5.41) is 13.3. The number of aryl methyl sites for hydroxylation is 1. The Morgan fingerprint density at radius 3 is 2.75 bits per heavy atom. The van der Waals surface area contributed by atoms with Crippen LogP contribution in [0.25, 0.3) is 5.65 Å². The van der Waals surface area contributed by atoms with E-state index in [0.717, 1.165) is 12.1 Å². The maximum atomic E-state index is 12.0. The number of hydrogen-bond donors (Lipinski definition) is 2. The largest absolute Gasteiger partial charge is 0.387 e. The average molecular weight is 326 g/mol. The van der Waals surface area contributed by atoms with Gasteiger partial charge in [-0.05, 0) is 19.0 Å². The lowest BCUT2D eigenvalue weighted by Gasteiger charge is -2.23. The van der Waals surface area contributed by atoms with Crippen LogP contribution in [0.15, 0.2) is 47.4 Å². The summed E-state index contributed by atoms with van der Waals surface area (Å²) < 4.78 is 1.40. The Morgan fingerprint density at radius 2 is 2.04 bits per heavy atom. The number of aromatic nitrogens is 3. The first-order chi connectivity index (χ1) is 11.6. The highest BCUT2D eigenvalue weighted by Gasteiger charge is 2.14. The lowest BCUT2D eigenvalue weighted by atomic mass is 10.1. The molecule has 1 atom stereocenters. The van der Waals surface area contributed by atoms with E-state index in [0.29, 0.717) is 24.4 Å². The van der Waals surface area contributed by atoms with Crippen molar-refractivity contribution in [3.8, 4) is 0 Å². The molecule has 0 saturated heterocycles. The highest BCUT2D eigenvalue weighted by Crippen LogP contribution is 2.16. The van der Waals surface area contributed by atoms with Crippen molar-refractivity contribution in [1.82, 2.24) is 19.5 Å². The minimum absolute atomic E-state index is 0.130. The third kappa shape index (κ3) is 3.55. The molecule has 1 aromatic carbocycles. The molecule has 2 aromatic heterocycles. The van der Waals surface area contributed by atoms with Crippen molar-refractivity contribution in [2.75, 3.05) is 13.1 Å². The molecule has 0 aliphatic rings. The number of rotatable bonds is 6. The second-order valence-corrected chi connectivity index (χ2v) is 6.00. The van der Waals surface area contributed by atoms with Gasteiger partial charge in [-0.2, -0.15) is 0 Å². The second kappa shape index (κ2) is 6.98.